The van der Waals surface area contributed by atoms with E-state index in [4.69, 9.17) is 4.74 Å². The monoisotopic (exact) mass is 312 g/mol. The van der Waals surface area contributed by atoms with Gasteiger partial charge in [-0.2, -0.15) is 0 Å². The minimum absolute atomic E-state index is 0.0496. The Balaban J connectivity index is 1.70. The first kappa shape index (κ1) is 15.5. The van der Waals surface area contributed by atoms with E-state index < -0.39 is 0 Å². The lowest BCUT2D eigenvalue weighted by molar-refractivity contribution is 0.00980. The number of hydrogen-bond acceptors (Lipinski definition) is 3. The van der Waals surface area contributed by atoms with Crippen molar-refractivity contribution in [1.82, 2.24) is 9.47 Å². The Labute approximate surface area is 135 Å². The molecular formula is C18H20N2O3. The van der Waals surface area contributed by atoms with Gasteiger partial charge in [-0.1, -0.05) is 24.3 Å². The standard InChI is InChI=1S/C18H20N2O3/c1-19-9-5-8-16(17(19)21)18(22)20(2)11-15-10-13-6-3-4-7-14(13)12-23-15/h3-9,15H,10-12H2,1-2H3. The van der Waals surface area contributed by atoms with E-state index in [0.29, 0.717) is 13.2 Å². The highest BCUT2D eigenvalue weighted by molar-refractivity contribution is 5.93. The minimum Gasteiger partial charge on any atom is -0.371 e. The van der Waals surface area contributed by atoms with Crippen LogP contribution in [0.15, 0.2) is 47.4 Å². The number of aromatic nitrogens is 1. The maximum atomic E-state index is 12.5. The quantitative estimate of drug-likeness (QED) is 0.865. The molecule has 23 heavy (non-hydrogen) atoms. The Morgan fingerprint density at radius 3 is 2.78 bits per heavy atom. The Kier molecular flexibility index (Phi) is 4.30. The van der Waals surface area contributed by atoms with Gasteiger partial charge < -0.3 is 14.2 Å². The first-order chi connectivity index (χ1) is 11.1. The average molecular weight is 312 g/mol. The summed E-state index contributed by atoms with van der Waals surface area (Å²) in [6.45, 7) is 1.03. The van der Waals surface area contributed by atoms with Gasteiger partial charge in [0.1, 0.15) is 5.56 Å². The SMILES string of the molecule is CN(CC1Cc2ccccc2CO1)C(=O)c1cccn(C)c1=O. The summed E-state index contributed by atoms with van der Waals surface area (Å²) in [5.74, 6) is -0.270. The zero-order valence-electron chi connectivity index (χ0n) is 13.4. The first-order valence-corrected chi connectivity index (χ1v) is 7.65. The van der Waals surface area contributed by atoms with E-state index in [-0.39, 0.29) is 23.1 Å². The lowest BCUT2D eigenvalue weighted by Gasteiger charge is -2.29. The predicted molar refractivity (Wildman–Crippen MR) is 87.4 cm³/mol. The van der Waals surface area contributed by atoms with E-state index >= 15 is 0 Å². The summed E-state index contributed by atoms with van der Waals surface area (Å²) in [4.78, 5) is 26.1. The number of rotatable bonds is 3. The highest BCUT2D eigenvalue weighted by Gasteiger charge is 2.23. The van der Waals surface area contributed by atoms with E-state index in [9.17, 15) is 9.59 Å². The maximum absolute atomic E-state index is 12.5. The van der Waals surface area contributed by atoms with Crippen LogP contribution in [-0.4, -0.2) is 35.1 Å². The van der Waals surface area contributed by atoms with Crippen molar-refractivity contribution in [3.63, 3.8) is 0 Å². The van der Waals surface area contributed by atoms with Gasteiger partial charge in [-0.15, -0.1) is 0 Å². The van der Waals surface area contributed by atoms with Crippen LogP contribution >= 0.6 is 0 Å². The fourth-order valence-corrected chi connectivity index (χ4v) is 2.88. The van der Waals surface area contributed by atoms with Crippen molar-refractivity contribution in [3.05, 3.63) is 69.6 Å². The Bertz CT molecular complexity index is 782. The minimum atomic E-state index is -0.278. The first-order valence-electron chi connectivity index (χ1n) is 7.65. The topological polar surface area (TPSA) is 51.5 Å². The van der Waals surface area contributed by atoms with Crippen LogP contribution in [0.3, 0.4) is 0 Å². The number of pyridine rings is 1. The molecule has 0 saturated heterocycles. The molecule has 1 unspecified atom stereocenters. The number of likely N-dealkylation sites (N-methyl/N-ethyl adjacent to an activating group) is 1. The smallest absolute Gasteiger partial charge is 0.263 e. The van der Waals surface area contributed by atoms with Gasteiger partial charge in [-0.05, 0) is 23.3 Å². The van der Waals surface area contributed by atoms with Gasteiger partial charge in [0.2, 0.25) is 0 Å². The van der Waals surface area contributed by atoms with Crippen LogP contribution in [0.2, 0.25) is 0 Å². The molecule has 5 heteroatoms. The van der Waals surface area contributed by atoms with Crippen molar-refractivity contribution >= 4 is 5.91 Å². The Morgan fingerprint density at radius 1 is 1.26 bits per heavy atom. The molecule has 0 fully saturated rings. The summed E-state index contributed by atoms with van der Waals surface area (Å²) < 4.78 is 7.25. The molecule has 0 N–H and O–H groups in total. The maximum Gasteiger partial charge on any atom is 0.263 e. The van der Waals surface area contributed by atoms with Gasteiger partial charge in [0, 0.05) is 33.3 Å². The molecule has 5 nitrogen and oxygen atoms in total. The van der Waals surface area contributed by atoms with Gasteiger partial charge in [-0.25, -0.2) is 0 Å². The number of fused-ring (bicyclic) bond motifs is 1. The molecule has 1 aromatic heterocycles. The molecular weight excluding hydrogens is 292 g/mol. The van der Waals surface area contributed by atoms with Gasteiger partial charge >= 0.3 is 0 Å². The summed E-state index contributed by atoms with van der Waals surface area (Å²) >= 11 is 0. The zero-order chi connectivity index (χ0) is 16.4. The molecule has 0 spiro atoms. The summed E-state index contributed by atoms with van der Waals surface area (Å²) in [5, 5.41) is 0. The van der Waals surface area contributed by atoms with Gasteiger partial charge in [0.05, 0.1) is 12.7 Å². The Morgan fingerprint density at radius 2 is 2.00 bits per heavy atom. The van der Waals surface area contributed by atoms with Crippen LogP contribution in [0.5, 0.6) is 0 Å². The molecule has 2 heterocycles. The van der Waals surface area contributed by atoms with Gasteiger partial charge in [0.25, 0.3) is 11.5 Å². The average Bonchev–Trinajstić information content (AvgIpc) is 2.56. The van der Waals surface area contributed by atoms with E-state index in [1.54, 1.807) is 37.3 Å². The number of benzene rings is 1. The number of amides is 1. The van der Waals surface area contributed by atoms with Crippen molar-refractivity contribution in [2.24, 2.45) is 7.05 Å². The molecule has 1 aliphatic heterocycles. The van der Waals surface area contributed by atoms with Crippen molar-refractivity contribution in [2.75, 3.05) is 13.6 Å². The zero-order valence-corrected chi connectivity index (χ0v) is 13.4. The molecule has 0 bridgehead atoms. The number of ether oxygens (including phenoxy) is 1. The molecule has 1 amide bonds. The molecule has 1 aromatic carbocycles. The van der Waals surface area contributed by atoms with Gasteiger partial charge in [-0.3, -0.25) is 9.59 Å². The van der Waals surface area contributed by atoms with E-state index in [1.807, 2.05) is 12.1 Å². The van der Waals surface area contributed by atoms with E-state index in [2.05, 4.69) is 12.1 Å². The van der Waals surface area contributed by atoms with Crippen LogP contribution in [0.1, 0.15) is 21.5 Å². The molecule has 0 aliphatic carbocycles. The van der Waals surface area contributed by atoms with Gasteiger partial charge in [0.15, 0.2) is 0 Å². The Hall–Kier alpha value is -2.40. The lowest BCUT2D eigenvalue weighted by Crippen LogP contribution is -2.40. The fourth-order valence-electron chi connectivity index (χ4n) is 2.88. The molecule has 3 rings (SSSR count). The fraction of sp³-hybridized carbons (Fsp3) is 0.333. The van der Waals surface area contributed by atoms with Crippen molar-refractivity contribution < 1.29 is 9.53 Å². The van der Waals surface area contributed by atoms with Crippen LogP contribution in [0.25, 0.3) is 0 Å². The second-order valence-corrected chi connectivity index (χ2v) is 5.93. The summed E-state index contributed by atoms with van der Waals surface area (Å²) in [7, 11) is 3.35. The molecule has 0 radical (unpaired) electrons. The lowest BCUT2D eigenvalue weighted by atomic mass is 9.99. The van der Waals surface area contributed by atoms with Crippen LogP contribution < -0.4 is 5.56 Å². The molecule has 1 aliphatic rings. The third-order valence-corrected chi connectivity index (χ3v) is 4.22. The van der Waals surface area contributed by atoms with Crippen molar-refractivity contribution in [3.8, 4) is 0 Å². The number of aryl methyl sites for hydroxylation is 1. The number of carbonyl (C=O) groups is 1. The predicted octanol–water partition coefficient (Wildman–Crippen LogP) is 1.60. The molecule has 2 aromatic rings. The second-order valence-electron chi connectivity index (χ2n) is 5.93. The van der Waals surface area contributed by atoms with Crippen LogP contribution in [0.4, 0.5) is 0 Å². The highest BCUT2D eigenvalue weighted by Crippen LogP contribution is 2.20. The molecule has 120 valence electrons. The third kappa shape index (κ3) is 3.19. The molecule has 1 atom stereocenters. The third-order valence-electron chi connectivity index (χ3n) is 4.22. The van der Waals surface area contributed by atoms with Crippen molar-refractivity contribution in [2.45, 2.75) is 19.1 Å². The van der Waals surface area contributed by atoms with E-state index in [1.165, 1.54) is 15.7 Å². The number of hydrogen-bond donors (Lipinski definition) is 0. The number of nitrogens with zero attached hydrogens (tertiary/aromatic N) is 2. The molecule has 0 saturated carbocycles. The van der Waals surface area contributed by atoms with Crippen molar-refractivity contribution in [1.29, 1.82) is 0 Å². The largest absolute Gasteiger partial charge is 0.371 e. The summed E-state index contributed by atoms with van der Waals surface area (Å²) in [6, 6.07) is 11.5. The van der Waals surface area contributed by atoms with Crippen LogP contribution in [-0.2, 0) is 24.8 Å². The normalized spacial score (nSPS) is 16.7. The summed E-state index contributed by atoms with van der Waals surface area (Å²) in [5.41, 5.74) is 2.38. The highest BCUT2D eigenvalue weighted by atomic mass is 16.5. The van der Waals surface area contributed by atoms with E-state index in [0.717, 1.165) is 6.42 Å². The second kappa shape index (κ2) is 6.38. The summed E-state index contributed by atoms with van der Waals surface area (Å²) in [6.07, 6.45) is 2.37. The number of carbonyl (C=O) groups excluding carboxylic acids is 1. The van der Waals surface area contributed by atoms with Crippen LogP contribution in [0, 0.1) is 0 Å².